The topological polar surface area (TPSA) is 65.2 Å². The molecule has 0 unspecified atom stereocenters. The van der Waals surface area contributed by atoms with Crippen molar-refractivity contribution < 1.29 is 13.9 Å². The minimum absolute atomic E-state index is 0.259. The number of rotatable bonds is 6. The lowest BCUT2D eigenvalue weighted by Gasteiger charge is -2.09. The molecular weight excluding hydrogens is 368 g/mol. The molecule has 26 heavy (non-hydrogen) atoms. The molecule has 0 bridgehead atoms. The molecule has 0 aliphatic heterocycles. The number of carbonyl (C=O) groups is 1. The van der Waals surface area contributed by atoms with Gasteiger partial charge in [-0.3, -0.25) is 4.79 Å². The van der Waals surface area contributed by atoms with Crippen LogP contribution in [0.15, 0.2) is 45.0 Å². The van der Waals surface area contributed by atoms with Crippen LogP contribution >= 0.6 is 23.1 Å². The number of thiophene rings is 1. The average Bonchev–Trinajstić information content (AvgIpc) is 3.40. The zero-order chi connectivity index (χ0) is 17.9. The number of fused-ring (bicyclic) bond motifs is 1. The van der Waals surface area contributed by atoms with Gasteiger partial charge in [-0.15, -0.1) is 33.3 Å². The molecule has 4 rings (SSSR count). The number of hydrogen-bond acceptors (Lipinski definition) is 7. The zero-order valence-electron chi connectivity index (χ0n) is 14.3. The molecule has 0 amide bonds. The first-order chi connectivity index (χ1) is 12.7. The molecule has 1 aliphatic rings. The third-order valence-electron chi connectivity index (χ3n) is 4.26. The zero-order valence-corrected chi connectivity index (χ0v) is 15.9. The van der Waals surface area contributed by atoms with E-state index in [1.165, 1.54) is 40.6 Å². The molecule has 0 radical (unpaired) electrons. The van der Waals surface area contributed by atoms with Crippen LogP contribution in [-0.2, 0) is 22.4 Å². The van der Waals surface area contributed by atoms with Crippen molar-refractivity contribution in [3.05, 3.63) is 52.7 Å². The Hall–Kier alpha value is -2.12. The molecule has 0 N–H and O–H groups in total. The van der Waals surface area contributed by atoms with E-state index in [2.05, 4.69) is 28.4 Å². The van der Waals surface area contributed by atoms with E-state index in [4.69, 9.17) is 9.15 Å². The summed E-state index contributed by atoms with van der Waals surface area (Å²) >= 11 is 3.02. The van der Waals surface area contributed by atoms with Gasteiger partial charge in [0.25, 0.3) is 11.8 Å². The second-order valence-electron chi connectivity index (χ2n) is 6.13. The van der Waals surface area contributed by atoms with E-state index in [0.717, 1.165) is 22.6 Å². The predicted octanol–water partition coefficient (Wildman–Crippen LogP) is 4.68. The molecule has 1 atom stereocenters. The molecule has 0 saturated heterocycles. The molecular formula is C19H18N2O3S2. The number of aryl methyl sites for hydroxylation is 2. The van der Waals surface area contributed by atoms with E-state index in [0.29, 0.717) is 11.8 Å². The van der Waals surface area contributed by atoms with Crippen LogP contribution in [0.1, 0.15) is 36.5 Å². The first-order valence-corrected chi connectivity index (χ1v) is 10.4. The van der Waals surface area contributed by atoms with E-state index in [1.54, 1.807) is 6.92 Å². The van der Waals surface area contributed by atoms with Gasteiger partial charge in [0.1, 0.15) is 0 Å². The van der Waals surface area contributed by atoms with Crippen LogP contribution < -0.4 is 0 Å². The maximum absolute atomic E-state index is 12.1. The first kappa shape index (κ1) is 17.3. The molecule has 5 nitrogen and oxygen atoms in total. The van der Waals surface area contributed by atoms with Crippen LogP contribution in [-0.4, -0.2) is 21.9 Å². The third-order valence-corrected chi connectivity index (χ3v) is 6.08. The van der Waals surface area contributed by atoms with Crippen molar-refractivity contribution in [3.8, 4) is 10.8 Å². The normalized spacial score (nSPS) is 14.2. The molecule has 7 heteroatoms. The maximum Gasteiger partial charge on any atom is 0.317 e. The van der Waals surface area contributed by atoms with Crippen LogP contribution in [0.25, 0.3) is 10.8 Å². The summed E-state index contributed by atoms with van der Waals surface area (Å²) in [5.41, 5.74) is 2.84. The van der Waals surface area contributed by atoms with Gasteiger partial charge < -0.3 is 9.15 Å². The Labute approximate surface area is 159 Å². The second kappa shape index (κ2) is 7.63. The van der Waals surface area contributed by atoms with Gasteiger partial charge in [-0.1, -0.05) is 12.1 Å². The van der Waals surface area contributed by atoms with Gasteiger partial charge >= 0.3 is 5.97 Å². The van der Waals surface area contributed by atoms with Gasteiger partial charge in [0, 0.05) is 4.90 Å². The molecule has 0 fully saturated rings. The molecule has 2 aromatic heterocycles. The Balaban J connectivity index is 1.31. The van der Waals surface area contributed by atoms with Gasteiger partial charge in [0.15, 0.2) is 6.10 Å². The molecule has 1 aliphatic carbocycles. The Bertz CT molecular complexity index is 905. The van der Waals surface area contributed by atoms with Crippen LogP contribution in [0.5, 0.6) is 0 Å². The van der Waals surface area contributed by atoms with Gasteiger partial charge in [-0.05, 0) is 60.9 Å². The summed E-state index contributed by atoms with van der Waals surface area (Å²) in [5, 5.41) is 9.94. The highest BCUT2D eigenvalue weighted by molar-refractivity contribution is 8.00. The van der Waals surface area contributed by atoms with E-state index < -0.39 is 6.10 Å². The molecule has 3 aromatic rings. The van der Waals surface area contributed by atoms with Crippen molar-refractivity contribution in [1.82, 2.24) is 10.2 Å². The maximum atomic E-state index is 12.1. The van der Waals surface area contributed by atoms with Crippen molar-refractivity contribution >= 4 is 29.1 Å². The summed E-state index contributed by atoms with van der Waals surface area (Å²) in [7, 11) is 0. The fourth-order valence-corrected chi connectivity index (χ4v) is 4.35. The Morgan fingerprint density at radius 2 is 2.19 bits per heavy atom. The second-order valence-corrected chi connectivity index (χ2v) is 8.12. The van der Waals surface area contributed by atoms with Crippen LogP contribution in [0, 0.1) is 0 Å². The average molecular weight is 386 g/mol. The number of nitrogens with zero attached hydrogens (tertiary/aromatic N) is 2. The smallest absolute Gasteiger partial charge is 0.317 e. The molecule has 1 aromatic carbocycles. The molecule has 0 spiro atoms. The van der Waals surface area contributed by atoms with Gasteiger partial charge in [-0.25, -0.2) is 0 Å². The Kier molecular flexibility index (Phi) is 5.08. The number of ether oxygens (including phenoxy) is 1. The minimum atomic E-state index is -0.565. The summed E-state index contributed by atoms with van der Waals surface area (Å²) in [5.74, 6) is 0.725. The van der Waals surface area contributed by atoms with E-state index in [-0.39, 0.29) is 11.7 Å². The Morgan fingerprint density at radius 3 is 3.04 bits per heavy atom. The van der Waals surface area contributed by atoms with Crippen molar-refractivity contribution in [2.24, 2.45) is 0 Å². The standard InChI is InChI=1S/C19H18N2O3S2/c1-12(18-20-21-19(24-18)16-6-3-9-25-16)23-17(22)11-26-15-8-7-13-4-2-5-14(13)10-15/h3,6-10,12H,2,4-5,11H2,1H3/t12-/m1/s1. The summed E-state index contributed by atoms with van der Waals surface area (Å²) < 4.78 is 11.0. The lowest BCUT2D eigenvalue weighted by Crippen LogP contribution is -2.11. The Morgan fingerprint density at radius 1 is 1.31 bits per heavy atom. The highest BCUT2D eigenvalue weighted by atomic mass is 32.2. The van der Waals surface area contributed by atoms with Crippen molar-refractivity contribution in [3.63, 3.8) is 0 Å². The van der Waals surface area contributed by atoms with Crippen LogP contribution in [0.3, 0.4) is 0 Å². The third kappa shape index (κ3) is 3.83. The summed E-state index contributed by atoms with van der Waals surface area (Å²) in [6.45, 7) is 1.74. The monoisotopic (exact) mass is 386 g/mol. The van der Waals surface area contributed by atoms with Crippen molar-refractivity contribution in [2.75, 3.05) is 5.75 Å². The van der Waals surface area contributed by atoms with E-state index >= 15 is 0 Å². The lowest BCUT2D eigenvalue weighted by atomic mass is 10.1. The number of esters is 1. The number of carbonyl (C=O) groups excluding carboxylic acids is 1. The highest BCUT2D eigenvalue weighted by Gasteiger charge is 2.19. The van der Waals surface area contributed by atoms with Crippen LogP contribution in [0.2, 0.25) is 0 Å². The van der Waals surface area contributed by atoms with Crippen LogP contribution in [0.4, 0.5) is 0 Å². The summed E-state index contributed by atoms with van der Waals surface area (Å²) in [6, 6.07) is 10.3. The van der Waals surface area contributed by atoms with E-state index in [1.807, 2.05) is 17.5 Å². The molecule has 134 valence electrons. The fraction of sp³-hybridized carbons (Fsp3) is 0.316. The number of thioether (sulfide) groups is 1. The largest absolute Gasteiger partial charge is 0.452 e. The van der Waals surface area contributed by atoms with Gasteiger partial charge in [0.2, 0.25) is 0 Å². The number of hydrogen-bond donors (Lipinski definition) is 0. The van der Waals surface area contributed by atoms with Gasteiger partial charge in [-0.2, -0.15) is 0 Å². The minimum Gasteiger partial charge on any atom is -0.452 e. The highest BCUT2D eigenvalue weighted by Crippen LogP contribution is 2.29. The van der Waals surface area contributed by atoms with Gasteiger partial charge in [0.05, 0.1) is 10.6 Å². The molecule has 0 saturated carbocycles. The summed E-state index contributed by atoms with van der Waals surface area (Å²) in [6.07, 6.45) is 2.96. The number of aromatic nitrogens is 2. The first-order valence-electron chi connectivity index (χ1n) is 8.50. The predicted molar refractivity (Wildman–Crippen MR) is 101 cm³/mol. The van der Waals surface area contributed by atoms with E-state index in [9.17, 15) is 4.79 Å². The fourth-order valence-electron chi connectivity index (χ4n) is 2.96. The SMILES string of the molecule is C[C@@H](OC(=O)CSc1ccc2c(c1)CCC2)c1nnc(-c2cccs2)o1. The summed E-state index contributed by atoms with van der Waals surface area (Å²) in [4.78, 5) is 14.1. The number of benzene rings is 1. The molecule has 2 heterocycles. The van der Waals surface area contributed by atoms with Crippen molar-refractivity contribution in [2.45, 2.75) is 37.2 Å². The van der Waals surface area contributed by atoms with Crippen molar-refractivity contribution in [1.29, 1.82) is 0 Å². The lowest BCUT2D eigenvalue weighted by molar-refractivity contribution is -0.146. The quantitative estimate of drug-likeness (QED) is 0.453.